The predicted octanol–water partition coefficient (Wildman–Crippen LogP) is -1.38. The molecule has 5 N–H and O–H groups in total. The van der Waals surface area contributed by atoms with Crippen LogP contribution in [0.1, 0.15) is 19.3 Å². The number of carboxylic acids is 2. The van der Waals surface area contributed by atoms with Crippen LogP contribution in [-0.4, -0.2) is 58.5 Å². The van der Waals surface area contributed by atoms with Gasteiger partial charge in [0.1, 0.15) is 12.1 Å². The van der Waals surface area contributed by atoms with E-state index in [1.165, 1.54) is 0 Å². The number of hydrogen-bond donors (Lipinski definition) is 5. The van der Waals surface area contributed by atoms with Gasteiger partial charge in [0.15, 0.2) is 0 Å². The third-order valence-electron chi connectivity index (χ3n) is 2.76. The van der Waals surface area contributed by atoms with Crippen molar-refractivity contribution in [2.24, 2.45) is 0 Å². The van der Waals surface area contributed by atoms with Gasteiger partial charge in [0.25, 0.3) is 0 Å². The molecule has 0 aliphatic carbocycles. The van der Waals surface area contributed by atoms with Crippen molar-refractivity contribution in [3.05, 3.63) is 0 Å². The van der Waals surface area contributed by atoms with Crippen LogP contribution in [0.25, 0.3) is 0 Å². The molecule has 0 amide bonds. The number of carboxylic acid groups (broad SMARTS) is 2. The highest BCUT2D eigenvalue weighted by Gasteiger charge is 2.27. The second-order valence-electron chi connectivity index (χ2n) is 4.18. The molecule has 0 aromatic rings. The maximum absolute atomic E-state index is 10.2. The van der Waals surface area contributed by atoms with Gasteiger partial charge in [-0.25, -0.2) is 0 Å². The smallest absolute Gasteiger partial charge is 0.320 e. The average Bonchev–Trinajstić information content (AvgIpc) is 2.87. The van der Waals surface area contributed by atoms with Gasteiger partial charge < -0.3 is 26.0 Å². The van der Waals surface area contributed by atoms with Gasteiger partial charge in [-0.3, -0.25) is 9.59 Å². The second kappa shape index (κ2) is 6.53. The molecule has 7 heteroatoms. The van der Waals surface area contributed by atoms with Crippen molar-refractivity contribution >= 4 is 11.9 Å². The Hall–Kier alpha value is -1.18. The van der Waals surface area contributed by atoms with Crippen molar-refractivity contribution in [3.63, 3.8) is 0 Å². The van der Waals surface area contributed by atoms with Crippen LogP contribution in [0.15, 0.2) is 0 Å². The standard InChI is InChI=1S/C5H9NO3.C5H9NO2/c7-3-1-4(5(8)9)6-2-3;7-5(8)4-2-1-3-6-4/h3-4,6-7H,1-2H2,(H,8,9);4,6H,1-3H2,(H,7,8)/t3?,4-;4-/m00/s1. The Balaban J connectivity index is 0.000000171. The van der Waals surface area contributed by atoms with E-state index in [1.807, 2.05) is 0 Å². The second-order valence-corrected chi connectivity index (χ2v) is 4.18. The van der Waals surface area contributed by atoms with E-state index in [2.05, 4.69) is 10.6 Å². The highest BCUT2D eigenvalue weighted by molar-refractivity contribution is 5.74. The Kier molecular flexibility index (Phi) is 5.33. The molecular weight excluding hydrogens is 228 g/mol. The molecule has 0 aromatic carbocycles. The van der Waals surface area contributed by atoms with Gasteiger partial charge in [-0.2, -0.15) is 0 Å². The molecular formula is C10H18N2O5. The molecule has 1 unspecified atom stereocenters. The van der Waals surface area contributed by atoms with Crippen LogP contribution in [-0.2, 0) is 9.59 Å². The Bertz CT molecular complexity index is 278. The number of rotatable bonds is 2. The van der Waals surface area contributed by atoms with E-state index in [0.29, 0.717) is 13.0 Å². The number of nitrogens with one attached hydrogen (secondary N) is 2. The topological polar surface area (TPSA) is 119 Å². The van der Waals surface area contributed by atoms with Crippen LogP contribution in [0.2, 0.25) is 0 Å². The summed E-state index contributed by atoms with van der Waals surface area (Å²) in [4.78, 5) is 20.3. The number of β-amino-alcohol motifs (C(OH)–C–C–N with tert-alkyl or cyclic N) is 1. The summed E-state index contributed by atoms with van der Waals surface area (Å²) in [6.45, 7) is 1.26. The third kappa shape index (κ3) is 4.68. The molecule has 2 aliphatic heterocycles. The van der Waals surface area contributed by atoms with Gasteiger partial charge >= 0.3 is 11.9 Å². The molecule has 0 aromatic heterocycles. The normalized spacial score (nSPS) is 31.7. The Labute approximate surface area is 98.8 Å². The molecule has 7 nitrogen and oxygen atoms in total. The first-order chi connectivity index (χ1) is 8.00. The Morgan fingerprint density at radius 1 is 1.06 bits per heavy atom. The van der Waals surface area contributed by atoms with Crippen molar-refractivity contribution in [3.8, 4) is 0 Å². The number of carbonyl (C=O) groups is 2. The van der Waals surface area contributed by atoms with Gasteiger partial charge in [0, 0.05) is 13.0 Å². The largest absolute Gasteiger partial charge is 0.480 e. The van der Waals surface area contributed by atoms with Gasteiger partial charge in [0.2, 0.25) is 0 Å². The molecule has 2 saturated heterocycles. The highest BCUT2D eigenvalue weighted by Crippen LogP contribution is 2.05. The summed E-state index contributed by atoms with van der Waals surface area (Å²) in [6, 6.07) is -0.810. The van der Waals surface area contributed by atoms with E-state index in [4.69, 9.17) is 15.3 Å². The summed E-state index contributed by atoms with van der Waals surface area (Å²) >= 11 is 0. The van der Waals surface area contributed by atoms with Crippen LogP contribution in [0.3, 0.4) is 0 Å². The summed E-state index contributed by atoms with van der Waals surface area (Å²) in [5.41, 5.74) is 0. The van der Waals surface area contributed by atoms with E-state index in [1.54, 1.807) is 0 Å². The minimum absolute atomic E-state index is 0.269. The quantitative estimate of drug-likeness (QED) is 0.407. The maximum Gasteiger partial charge on any atom is 0.320 e. The van der Waals surface area contributed by atoms with Crippen molar-refractivity contribution in [2.75, 3.05) is 13.1 Å². The van der Waals surface area contributed by atoms with Crippen molar-refractivity contribution < 1.29 is 24.9 Å². The molecule has 2 aliphatic rings. The molecule has 17 heavy (non-hydrogen) atoms. The minimum atomic E-state index is -0.883. The van der Waals surface area contributed by atoms with Gasteiger partial charge in [-0.05, 0) is 19.4 Å². The fraction of sp³-hybridized carbons (Fsp3) is 0.800. The fourth-order valence-electron chi connectivity index (χ4n) is 1.80. The first-order valence-electron chi connectivity index (χ1n) is 5.61. The lowest BCUT2D eigenvalue weighted by Crippen LogP contribution is -2.29. The monoisotopic (exact) mass is 246 g/mol. The SMILES string of the molecule is O=C(O)[C@@H]1CC(O)CN1.O=C(O)[C@@H]1CCCN1. The van der Waals surface area contributed by atoms with Crippen molar-refractivity contribution in [2.45, 2.75) is 37.5 Å². The van der Waals surface area contributed by atoms with Crippen LogP contribution in [0, 0.1) is 0 Å². The zero-order valence-corrected chi connectivity index (χ0v) is 9.43. The third-order valence-corrected chi connectivity index (χ3v) is 2.76. The zero-order chi connectivity index (χ0) is 12.8. The first kappa shape index (κ1) is 13.9. The lowest BCUT2D eigenvalue weighted by atomic mass is 10.2. The Morgan fingerprint density at radius 3 is 1.94 bits per heavy atom. The maximum atomic E-state index is 10.2. The molecule has 0 bridgehead atoms. The van der Waals surface area contributed by atoms with Crippen LogP contribution >= 0.6 is 0 Å². The Morgan fingerprint density at radius 2 is 1.71 bits per heavy atom. The summed E-state index contributed by atoms with van der Waals surface area (Å²) in [7, 11) is 0. The number of aliphatic carboxylic acids is 2. The summed E-state index contributed by atoms with van der Waals surface area (Å²) in [6.07, 6.45) is 1.63. The van der Waals surface area contributed by atoms with Gasteiger partial charge in [0.05, 0.1) is 6.10 Å². The fourth-order valence-corrected chi connectivity index (χ4v) is 1.80. The predicted molar refractivity (Wildman–Crippen MR) is 58.7 cm³/mol. The molecule has 3 atom stereocenters. The molecule has 2 fully saturated rings. The van der Waals surface area contributed by atoms with E-state index in [9.17, 15) is 9.59 Å². The first-order valence-corrected chi connectivity index (χ1v) is 5.61. The molecule has 2 heterocycles. The van der Waals surface area contributed by atoms with E-state index in [-0.39, 0.29) is 6.04 Å². The zero-order valence-electron chi connectivity index (χ0n) is 9.43. The summed E-state index contributed by atoms with van der Waals surface area (Å²) in [5.74, 6) is -1.60. The van der Waals surface area contributed by atoms with Crippen molar-refractivity contribution in [1.82, 2.24) is 10.6 Å². The molecule has 0 spiro atoms. The van der Waals surface area contributed by atoms with Gasteiger partial charge in [-0.15, -0.1) is 0 Å². The van der Waals surface area contributed by atoms with Crippen molar-refractivity contribution in [1.29, 1.82) is 0 Å². The van der Waals surface area contributed by atoms with E-state index < -0.39 is 24.1 Å². The number of aliphatic hydroxyl groups is 1. The summed E-state index contributed by atoms with van der Waals surface area (Å²) < 4.78 is 0. The average molecular weight is 246 g/mol. The van der Waals surface area contributed by atoms with Crippen LogP contribution in [0.4, 0.5) is 0 Å². The lowest BCUT2D eigenvalue weighted by Gasteiger charge is -1.99. The molecule has 0 saturated carbocycles. The van der Waals surface area contributed by atoms with Crippen LogP contribution in [0.5, 0.6) is 0 Å². The van der Waals surface area contributed by atoms with E-state index >= 15 is 0 Å². The molecule has 98 valence electrons. The highest BCUT2D eigenvalue weighted by atomic mass is 16.4. The molecule has 0 radical (unpaired) electrons. The molecule has 2 rings (SSSR count). The van der Waals surface area contributed by atoms with Gasteiger partial charge in [-0.1, -0.05) is 0 Å². The van der Waals surface area contributed by atoms with Crippen LogP contribution < -0.4 is 10.6 Å². The van der Waals surface area contributed by atoms with E-state index in [0.717, 1.165) is 19.4 Å². The lowest BCUT2D eigenvalue weighted by molar-refractivity contribution is -0.140. The number of aliphatic hydroxyl groups excluding tert-OH is 1. The number of hydrogen-bond acceptors (Lipinski definition) is 5. The summed E-state index contributed by atoms with van der Waals surface area (Å²) in [5, 5.41) is 31.0. The minimum Gasteiger partial charge on any atom is -0.480 e.